The third-order valence-electron chi connectivity index (χ3n) is 2.30. The van der Waals surface area contributed by atoms with Crippen LogP contribution in [0, 0.1) is 0 Å². The van der Waals surface area contributed by atoms with Gasteiger partial charge in [-0.25, -0.2) is 0 Å². The molecule has 2 fully saturated rings. The molecule has 0 aliphatic carbocycles. The summed E-state index contributed by atoms with van der Waals surface area (Å²) in [6, 6.07) is 0. The van der Waals surface area contributed by atoms with E-state index in [1.807, 2.05) is 11.8 Å². The number of thioether (sulfide) groups is 1. The van der Waals surface area contributed by atoms with Crippen molar-refractivity contribution in [2.24, 2.45) is 0 Å². The summed E-state index contributed by atoms with van der Waals surface area (Å²) in [4.78, 5) is 0.150. The molecule has 0 aromatic rings. The van der Waals surface area contributed by atoms with Gasteiger partial charge < -0.3 is 10.1 Å². The highest BCUT2D eigenvalue weighted by molar-refractivity contribution is 8.00. The van der Waals surface area contributed by atoms with E-state index in [2.05, 4.69) is 12.2 Å². The molecule has 2 aliphatic heterocycles. The summed E-state index contributed by atoms with van der Waals surface area (Å²) in [6.07, 6.45) is 2.95. The monoisotopic (exact) mass is 173 g/mol. The molecule has 0 aromatic carbocycles. The highest BCUT2D eigenvalue weighted by Crippen LogP contribution is 2.40. The van der Waals surface area contributed by atoms with E-state index in [4.69, 9.17) is 4.74 Å². The fourth-order valence-corrected chi connectivity index (χ4v) is 3.11. The highest BCUT2D eigenvalue weighted by Gasteiger charge is 2.40. The Morgan fingerprint density at radius 2 is 2.55 bits per heavy atom. The summed E-state index contributed by atoms with van der Waals surface area (Å²) in [5.41, 5.74) is 0. The zero-order valence-electron chi connectivity index (χ0n) is 6.93. The molecule has 1 N–H and O–H groups in total. The minimum absolute atomic E-state index is 0.150. The first-order chi connectivity index (χ1) is 5.31. The number of rotatable bonds is 0. The van der Waals surface area contributed by atoms with Crippen LogP contribution in [-0.4, -0.2) is 29.9 Å². The lowest BCUT2D eigenvalue weighted by Gasteiger charge is -2.32. The van der Waals surface area contributed by atoms with Gasteiger partial charge in [-0.05, 0) is 26.3 Å². The van der Waals surface area contributed by atoms with Crippen molar-refractivity contribution < 1.29 is 4.74 Å². The largest absolute Gasteiger partial charge is 0.359 e. The molecular weight excluding hydrogens is 158 g/mol. The van der Waals surface area contributed by atoms with Gasteiger partial charge in [-0.1, -0.05) is 0 Å². The molecule has 0 bridgehead atoms. The quantitative estimate of drug-likeness (QED) is 0.595. The number of piperidine rings is 1. The third kappa shape index (κ3) is 1.55. The first-order valence-corrected chi connectivity index (χ1v) is 5.32. The molecule has 2 rings (SSSR count). The smallest absolute Gasteiger partial charge is 0.126 e. The van der Waals surface area contributed by atoms with Crippen molar-refractivity contribution in [3.8, 4) is 0 Å². The van der Waals surface area contributed by atoms with Gasteiger partial charge in [0, 0.05) is 12.3 Å². The summed E-state index contributed by atoms with van der Waals surface area (Å²) < 4.78 is 5.89. The molecule has 0 aromatic heterocycles. The summed E-state index contributed by atoms with van der Waals surface area (Å²) in [6.45, 7) is 4.37. The number of hydrogen-bond acceptors (Lipinski definition) is 3. The maximum atomic E-state index is 5.89. The van der Waals surface area contributed by atoms with Crippen molar-refractivity contribution in [1.82, 2.24) is 5.32 Å². The van der Waals surface area contributed by atoms with Gasteiger partial charge in [-0.2, -0.15) is 0 Å². The van der Waals surface area contributed by atoms with Crippen LogP contribution in [0.5, 0.6) is 0 Å². The van der Waals surface area contributed by atoms with Gasteiger partial charge in [-0.3, -0.25) is 0 Å². The van der Waals surface area contributed by atoms with E-state index < -0.39 is 0 Å². The van der Waals surface area contributed by atoms with Crippen molar-refractivity contribution >= 4 is 11.8 Å². The molecule has 2 atom stereocenters. The second-order valence-corrected chi connectivity index (χ2v) is 4.80. The first kappa shape index (κ1) is 7.90. The van der Waals surface area contributed by atoms with Gasteiger partial charge in [-0.15, -0.1) is 11.8 Å². The van der Waals surface area contributed by atoms with Gasteiger partial charge in [0.25, 0.3) is 0 Å². The fraction of sp³-hybridized carbons (Fsp3) is 1.00. The van der Waals surface area contributed by atoms with Crippen LogP contribution in [0.2, 0.25) is 0 Å². The Labute approximate surface area is 72.1 Å². The normalized spacial score (nSPS) is 45.0. The van der Waals surface area contributed by atoms with Crippen LogP contribution in [0.25, 0.3) is 0 Å². The van der Waals surface area contributed by atoms with E-state index in [1.54, 1.807) is 0 Å². The van der Waals surface area contributed by atoms with Crippen LogP contribution in [0.4, 0.5) is 0 Å². The molecule has 3 heteroatoms. The molecular formula is C8H15NOS. The van der Waals surface area contributed by atoms with Crippen molar-refractivity contribution in [3.05, 3.63) is 0 Å². The average Bonchev–Trinajstić information content (AvgIpc) is 2.34. The van der Waals surface area contributed by atoms with Crippen LogP contribution in [0.3, 0.4) is 0 Å². The maximum Gasteiger partial charge on any atom is 0.126 e. The molecule has 1 spiro atoms. The Hall–Kier alpha value is 0.270. The number of nitrogens with one attached hydrogen (secondary N) is 1. The zero-order chi connectivity index (χ0) is 7.73. The van der Waals surface area contributed by atoms with Crippen LogP contribution < -0.4 is 5.32 Å². The standard InChI is InChI=1S/C8H15NOS/c1-7-5-11-8(10-7)3-2-4-9-6-8/h7,9H,2-6H2,1H3/t7-,8?/m1/s1. The lowest BCUT2D eigenvalue weighted by atomic mass is 10.1. The average molecular weight is 173 g/mol. The molecule has 2 aliphatic rings. The van der Waals surface area contributed by atoms with Crippen molar-refractivity contribution in [2.45, 2.75) is 30.8 Å². The second kappa shape index (κ2) is 2.96. The Balaban J connectivity index is 1.98. The summed E-state index contributed by atoms with van der Waals surface area (Å²) in [5.74, 6) is 1.17. The molecule has 0 amide bonds. The van der Waals surface area contributed by atoms with E-state index in [0.717, 1.165) is 6.54 Å². The van der Waals surface area contributed by atoms with E-state index in [-0.39, 0.29) is 4.93 Å². The van der Waals surface area contributed by atoms with Gasteiger partial charge in [0.1, 0.15) is 4.93 Å². The number of hydrogen-bond donors (Lipinski definition) is 1. The summed E-state index contributed by atoms with van der Waals surface area (Å²) in [5, 5.41) is 3.39. The SMILES string of the molecule is C[C@@H]1CSC2(CCCNC2)O1. The van der Waals surface area contributed by atoms with E-state index in [1.165, 1.54) is 25.1 Å². The van der Waals surface area contributed by atoms with E-state index >= 15 is 0 Å². The van der Waals surface area contributed by atoms with Crippen LogP contribution >= 0.6 is 11.8 Å². The maximum absolute atomic E-state index is 5.89. The Morgan fingerprint density at radius 3 is 3.09 bits per heavy atom. The Morgan fingerprint density at radius 1 is 1.64 bits per heavy atom. The fourth-order valence-electron chi connectivity index (χ4n) is 1.78. The third-order valence-corrected chi connectivity index (χ3v) is 3.91. The predicted octanol–water partition coefficient (Wildman–Crippen LogP) is 1.22. The molecule has 2 saturated heterocycles. The van der Waals surface area contributed by atoms with Crippen LogP contribution in [0.15, 0.2) is 0 Å². The Kier molecular flexibility index (Phi) is 2.12. The molecule has 64 valence electrons. The van der Waals surface area contributed by atoms with E-state index in [9.17, 15) is 0 Å². The molecule has 2 heterocycles. The van der Waals surface area contributed by atoms with Gasteiger partial charge in [0.05, 0.1) is 6.10 Å². The van der Waals surface area contributed by atoms with Gasteiger partial charge in [0.15, 0.2) is 0 Å². The van der Waals surface area contributed by atoms with E-state index in [0.29, 0.717) is 6.10 Å². The lowest BCUT2D eigenvalue weighted by molar-refractivity contribution is -0.0113. The minimum atomic E-state index is 0.150. The molecule has 2 nitrogen and oxygen atoms in total. The predicted molar refractivity (Wildman–Crippen MR) is 47.8 cm³/mol. The highest BCUT2D eigenvalue weighted by atomic mass is 32.2. The first-order valence-electron chi connectivity index (χ1n) is 4.33. The van der Waals surface area contributed by atoms with Crippen molar-refractivity contribution in [3.63, 3.8) is 0 Å². The van der Waals surface area contributed by atoms with Gasteiger partial charge in [0.2, 0.25) is 0 Å². The topological polar surface area (TPSA) is 21.3 Å². The van der Waals surface area contributed by atoms with Crippen LogP contribution in [0.1, 0.15) is 19.8 Å². The summed E-state index contributed by atoms with van der Waals surface area (Å²) in [7, 11) is 0. The number of ether oxygens (including phenoxy) is 1. The van der Waals surface area contributed by atoms with Crippen molar-refractivity contribution in [1.29, 1.82) is 0 Å². The molecule has 11 heavy (non-hydrogen) atoms. The van der Waals surface area contributed by atoms with Gasteiger partial charge >= 0.3 is 0 Å². The second-order valence-electron chi connectivity index (χ2n) is 3.43. The van der Waals surface area contributed by atoms with Crippen LogP contribution in [-0.2, 0) is 4.74 Å². The summed E-state index contributed by atoms with van der Waals surface area (Å²) >= 11 is 1.99. The van der Waals surface area contributed by atoms with Crippen molar-refractivity contribution in [2.75, 3.05) is 18.8 Å². The molecule has 0 radical (unpaired) electrons. The lowest BCUT2D eigenvalue weighted by Crippen LogP contribution is -2.43. The molecule has 1 unspecified atom stereocenters. The minimum Gasteiger partial charge on any atom is -0.359 e. The Bertz CT molecular complexity index is 140. The molecule has 0 saturated carbocycles. The zero-order valence-corrected chi connectivity index (χ0v) is 7.75.